The van der Waals surface area contributed by atoms with Gasteiger partial charge >= 0.3 is 0 Å². The average molecular weight is 429 g/mol. The second kappa shape index (κ2) is 9.49. The monoisotopic (exact) mass is 429 g/mol. The predicted octanol–water partition coefficient (Wildman–Crippen LogP) is 3.41. The summed E-state index contributed by atoms with van der Waals surface area (Å²) >= 11 is 0. The molecule has 0 aliphatic carbocycles. The highest BCUT2D eigenvalue weighted by molar-refractivity contribution is 7.90. The number of hydrogen-bond acceptors (Lipinski definition) is 6. The Hall–Kier alpha value is -3.26. The van der Waals surface area contributed by atoms with Crippen molar-refractivity contribution < 1.29 is 27.1 Å². The molecule has 0 fully saturated rings. The van der Waals surface area contributed by atoms with Gasteiger partial charge in [0.1, 0.15) is 18.1 Å². The summed E-state index contributed by atoms with van der Waals surface area (Å²) in [5.41, 5.74) is 0.326. The van der Waals surface area contributed by atoms with Crippen molar-refractivity contribution in [2.24, 2.45) is 0 Å². The summed E-state index contributed by atoms with van der Waals surface area (Å²) in [5.74, 6) is 0.679. The molecule has 0 N–H and O–H groups in total. The van der Waals surface area contributed by atoms with Crippen molar-refractivity contribution in [3.05, 3.63) is 78.3 Å². The Bertz CT molecular complexity index is 1070. The molecule has 0 unspecified atom stereocenters. The number of carbonyl (C=O) groups excluding carboxylic acids is 1. The predicted molar refractivity (Wildman–Crippen MR) is 111 cm³/mol. The van der Waals surface area contributed by atoms with Gasteiger partial charge in [0.05, 0.1) is 30.6 Å². The molecule has 30 heavy (non-hydrogen) atoms. The lowest BCUT2D eigenvalue weighted by Gasteiger charge is -2.17. The van der Waals surface area contributed by atoms with Crippen molar-refractivity contribution >= 4 is 15.7 Å². The van der Waals surface area contributed by atoms with E-state index in [-0.39, 0.29) is 23.0 Å². The third kappa shape index (κ3) is 5.21. The number of sulfone groups is 1. The van der Waals surface area contributed by atoms with E-state index in [9.17, 15) is 13.2 Å². The first-order valence-electron chi connectivity index (χ1n) is 9.27. The van der Waals surface area contributed by atoms with Gasteiger partial charge in [-0.05, 0) is 42.5 Å². The number of rotatable bonds is 9. The first-order chi connectivity index (χ1) is 14.4. The molecule has 0 bridgehead atoms. The van der Waals surface area contributed by atoms with Gasteiger partial charge in [-0.3, -0.25) is 4.79 Å². The molecule has 0 saturated carbocycles. The van der Waals surface area contributed by atoms with Gasteiger partial charge in [-0.2, -0.15) is 0 Å². The molecule has 3 rings (SSSR count). The van der Waals surface area contributed by atoms with Gasteiger partial charge in [0, 0.05) is 12.6 Å². The molecule has 8 heteroatoms. The van der Waals surface area contributed by atoms with Crippen LogP contribution >= 0.6 is 0 Å². The lowest BCUT2D eigenvalue weighted by molar-refractivity contribution is 0.0741. The van der Waals surface area contributed by atoms with Crippen molar-refractivity contribution in [2.75, 3.05) is 27.3 Å². The number of amides is 1. The molecule has 0 radical (unpaired) electrons. The summed E-state index contributed by atoms with van der Waals surface area (Å²) in [4.78, 5) is 14.4. The van der Waals surface area contributed by atoms with Crippen LogP contribution in [-0.4, -0.2) is 46.5 Å². The fourth-order valence-electron chi connectivity index (χ4n) is 2.80. The van der Waals surface area contributed by atoms with E-state index in [1.807, 2.05) is 0 Å². The van der Waals surface area contributed by atoms with E-state index in [2.05, 4.69) is 0 Å². The molecule has 0 aliphatic rings. The zero-order chi connectivity index (χ0) is 21.6. The number of nitrogens with zero attached hydrogens (tertiary/aromatic N) is 1. The van der Waals surface area contributed by atoms with Crippen molar-refractivity contribution in [3.63, 3.8) is 0 Å². The van der Waals surface area contributed by atoms with Crippen LogP contribution in [0.4, 0.5) is 0 Å². The van der Waals surface area contributed by atoms with Gasteiger partial charge in [0.25, 0.3) is 5.91 Å². The summed E-state index contributed by atoms with van der Waals surface area (Å²) in [6, 6.07) is 16.7. The first kappa shape index (κ1) is 21.4. The topological polar surface area (TPSA) is 86.1 Å². The second-order valence-corrected chi connectivity index (χ2v) is 8.59. The van der Waals surface area contributed by atoms with Gasteiger partial charge in [-0.1, -0.05) is 18.2 Å². The molecule has 1 amide bonds. The van der Waals surface area contributed by atoms with E-state index in [1.54, 1.807) is 56.6 Å². The number of methoxy groups -OCH3 is 1. The minimum absolute atomic E-state index is 0.0152. The van der Waals surface area contributed by atoms with E-state index < -0.39 is 15.7 Å². The second-order valence-electron chi connectivity index (χ2n) is 6.60. The standard InChI is InChI=1S/C22H23NO6S/c1-23(13-15-28-19-10-8-18(27-2)9-11-19)22(24)21-17(12-14-29-21)16-30(25,26)20-6-4-3-5-7-20/h3-12,14H,13,15-16H2,1-2H3. The van der Waals surface area contributed by atoms with E-state index in [0.29, 0.717) is 17.9 Å². The maximum atomic E-state index is 12.7. The molecular weight excluding hydrogens is 406 g/mol. The number of ether oxygens (including phenoxy) is 2. The zero-order valence-electron chi connectivity index (χ0n) is 16.8. The Labute approximate surface area is 175 Å². The molecule has 0 spiro atoms. The van der Waals surface area contributed by atoms with E-state index in [1.165, 1.54) is 29.4 Å². The van der Waals surface area contributed by atoms with E-state index in [4.69, 9.17) is 13.9 Å². The van der Waals surface area contributed by atoms with Crippen LogP contribution in [0.25, 0.3) is 0 Å². The minimum Gasteiger partial charge on any atom is -0.497 e. The molecule has 3 aromatic rings. The summed E-state index contributed by atoms with van der Waals surface area (Å²) in [6.07, 6.45) is 1.32. The SMILES string of the molecule is COc1ccc(OCCN(C)C(=O)c2occc2CS(=O)(=O)c2ccccc2)cc1. The quantitative estimate of drug-likeness (QED) is 0.518. The van der Waals surface area contributed by atoms with Crippen LogP contribution in [0.2, 0.25) is 0 Å². The van der Waals surface area contributed by atoms with Gasteiger partial charge < -0.3 is 18.8 Å². The van der Waals surface area contributed by atoms with Crippen LogP contribution in [0.15, 0.2) is 76.2 Å². The Morgan fingerprint density at radius 2 is 1.67 bits per heavy atom. The molecule has 0 aliphatic heterocycles. The summed E-state index contributed by atoms with van der Waals surface area (Å²) in [6.45, 7) is 0.573. The fourth-order valence-corrected chi connectivity index (χ4v) is 4.18. The first-order valence-corrected chi connectivity index (χ1v) is 10.9. The van der Waals surface area contributed by atoms with Crippen LogP contribution in [-0.2, 0) is 15.6 Å². The molecule has 158 valence electrons. The number of carbonyl (C=O) groups is 1. The zero-order valence-corrected chi connectivity index (χ0v) is 17.6. The molecule has 0 saturated heterocycles. The van der Waals surface area contributed by atoms with Crippen LogP contribution in [0.3, 0.4) is 0 Å². The smallest absolute Gasteiger partial charge is 0.289 e. The maximum Gasteiger partial charge on any atom is 0.289 e. The fraction of sp³-hybridized carbons (Fsp3) is 0.227. The maximum absolute atomic E-state index is 12.7. The Balaban J connectivity index is 1.61. The lowest BCUT2D eigenvalue weighted by Crippen LogP contribution is -2.31. The molecule has 0 atom stereocenters. The van der Waals surface area contributed by atoms with Crippen molar-refractivity contribution in [1.29, 1.82) is 0 Å². The van der Waals surface area contributed by atoms with Crippen molar-refractivity contribution in [2.45, 2.75) is 10.6 Å². The van der Waals surface area contributed by atoms with Crippen LogP contribution < -0.4 is 9.47 Å². The molecule has 1 heterocycles. The summed E-state index contributed by atoms with van der Waals surface area (Å²) < 4.78 is 41.3. The third-order valence-corrected chi connectivity index (χ3v) is 6.17. The molecule has 7 nitrogen and oxygen atoms in total. The van der Waals surface area contributed by atoms with Crippen molar-refractivity contribution in [3.8, 4) is 11.5 Å². The Morgan fingerprint density at radius 1 is 1.00 bits per heavy atom. The van der Waals surface area contributed by atoms with Gasteiger partial charge in [-0.25, -0.2) is 8.42 Å². The Morgan fingerprint density at radius 3 is 2.33 bits per heavy atom. The largest absolute Gasteiger partial charge is 0.497 e. The number of likely N-dealkylation sites (N-methyl/N-ethyl adjacent to an activating group) is 1. The third-order valence-electron chi connectivity index (χ3n) is 4.49. The summed E-state index contributed by atoms with van der Waals surface area (Å²) in [5, 5.41) is 0. The number of hydrogen-bond donors (Lipinski definition) is 0. The van der Waals surface area contributed by atoms with E-state index in [0.717, 1.165) is 5.75 Å². The average Bonchev–Trinajstić information content (AvgIpc) is 3.21. The minimum atomic E-state index is -3.59. The van der Waals surface area contributed by atoms with Crippen LogP contribution in [0, 0.1) is 0 Å². The van der Waals surface area contributed by atoms with Crippen LogP contribution in [0.1, 0.15) is 16.1 Å². The number of furan rings is 1. The van der Waals surface area contributed by atoms with Gasteiger partial charge in [0.2, 0.25) is 0 Å². The van der Waals surface area contributed by atoms with Crippen LogP contribution in [0.5, 0.6) is 11.5 Å². The highest BCUT2D eigenvalue weighted by Crippen LogP contribution is 2.21. The van der Waals surface area contributed by atoms with Crippen molar-refractivity contribution in [1.82, 2.24) is 4.90 Å². The molecular formula is C22H23NO6S. The van der Waals surface area contributed by atoms with Gasteiger partial charge in [-0.15, -0.1) is 0 Å². The highest BCUT2D eigenvalue weighted by atomic mass is 32.2. The Kier molecular flexibility index (Phi) is 6.79. The van der Waals surface area contributed by atoms with E-state index >= 15 is 0 Å². The molecule has 2 aromatic carbocycles. The molecule has 1 aromatic heterocycles. The highest BCUT2D eigenvalue weighted by Gasteiger charge is 2.24. The summed E-state index contributed by atoms with van der Waals surface area (Å²) in [7, 11) is -0.393. The lowest BCUT2D eigenvalue weighted by atomic mass is 10.2. The van der Waals surface area contributed by atoms with Gasteiger partial charge in [0.15, 0.2) is 15.6 Å². The number of benzene rings is 2. The normalized spacial score (nSPS) is 11.1.